The summed E-state index contributed by atoms with van der Waals surface area (Å²) in [4.78, 5) is 0. The Hall–Kier alpha value is -3.21. The van der Waals surface area contributed by atoms with Gasteiger partial charge in [0.05, 0.1) is 26.0 Å². The van der Waals surface area contributed by atoms with Crippen LogP contribution in [0.5, 0.6) is 17.2 Å². The van der Waals surface area contributed by atoms with E-state index in [0.29, 0.717) is 17.9 Å². The van der Waals surface area contributed by atoms with Gasteiger partial charge in [0.2, 0.25) is 0 Å². The van der Waals surface area contributed by atoms with Crippen molar-refractivity contribution in [1.29, 1.82) is 0 Å². The molecule has 1 aliphatic rings. The standard InChI is InChI=1S/C21H20N2O3/c1-25-19-10-8-14(11-20(19)26-2)17-12-18(23-22-17)16-9-7-13-5-3-4-6-15(13)21(16)24/h3-11,17,22,24H,12H2,1-2H3. The van der Waals surface area contributed by atoms with Crippen LogP contribution >= 0.6 is 0 Å². The number of rotatable bonds is 4. The minimum absolute atomic E-state index is 0.0238. The van der Waals surface area contributed by atoms with Crippen LogP contribution in [0.4, 0.5) is 0 Å². The van der Waals surface area contributed by atoms with E-state index in [-0.39, 0.29) is 11.8 Å². The fourth-order valence-corrected chi connectivity index (χ4v) is 3.36. The molecule has 2 N–H and O–H groups in total. The van der Waals surface area contributed by atoms with Crippen LogP contribution in [0, 0.1) is 0 Å². The van der Waals surface area contributed by atoms with Crippen molar-refractivity contribution in [2.24, 2.45) is 5.10 Å². The predicted molar refractivity (Wildman–Crippen MR) is 102 cm³/mol. The molecule has 0 amide bonds. The van der Waals surface area contributed by atoms with E-state index in [9.17, 15) is 5.11 Å². The number of phenolic OH excluding ortho intramolecular Hbond substituents is 1. The number of ether oxygens (including phenoxy) is 2. The van der Waals surface area contributed by atoms with Crippen LogP contribution in [0.3, 0.4) is 0 Å². The molecule has 26 heavy (non-hydrogen) atoms. The number of phenols is 1. The first-order valence-electron chi connectivity index (χ1n) is 8.46. The van der Waals surface area contributed by atoms with Crippen molar-refractivity contribution < 1.29 is 14.6 Å². The number of fused-ring (bicyclic) bond motifs is 1. The summed E-state index contributed by atoms with van der Waals surface area (Å²) in [5.74, 6) is 1.66. The van der Waals surface area contributed by atoms with Crippen molar-refractivity contribution in [1.82, 2.24) is 5.43 Å². The lowest BCUT2D eigenvalue weighted by molar-refractivity contribution is 0.354. The van der Waals surface area contributed by atoms with Gasteiger partial charge in [-0.25, -0.2) is 0 Å². The molecule has 1 aliphatic heterocycles. The van der Waals surface area contributed by atoms with Gasteiger partial charge < -0.3 is 20.0 Å². The van der Waals surface area contributed by atoms with Gasteiger partial charge in [0, 0.05) is 17.4 Å². The highest BCUT2D eigenvalue weighted by atomic mass is 16.5. The Kier molecular flexibility index (Phi) is 4.13. The average Bonchev–Trinajstić information content (AvgIpc) is 3.18. The monoisotopic (exact) mass is 348 g/mol. The van der Waals surface area contributed by atoms with Crippen LogP contribution in [0.1, 0.15) is 23.6 Å². The Bertz CT molecular complexity index is 998. The maximum atomic E-state index is 10.7. The molecular weight excluding hydrogens is 328 g/mol. The molecule has 0 fully saturated rings. The van der Waals surface area contributed by atoms with Crippen molar-refractivity contribution in [3.63, 3.8) is 0 Å². The Morgan fingerprint density at radius 3 is 2.62 bits per heavy atom. The first-order chi connectivity index (χ1) is 12.7. The quantitative estimate of drug-likeness (QED) is 0.748. The summed E-state index contributed by atoms with van der Waals surface area (Å²) < 4.78 is 10.7. The van der Waals surface area contributed by atoms with E-state index in [2.05, 4.69) is 10.5 Å². The van der Waals surface area contributed by atoms with Gasteiger partial charge in [-0.2, -0.15) is 5.10 Å². The lowest BCUT2D eigenvalue weighted by atomic mass is 9.96. The molecule has 0 aromatic heterocycles. The van der Waals surface area contributed by atoms with E-state index >= 15 is 0 Å². The highest BCUT2D eigenvalue weighted by Gasteiger charge is 2.24. The molecule has 4 rings (SSSR count). The van der Waals surface area contributed by atoms with Crippen LogP contribution in [0.2, 0.25) is 0 Å². The van der Waals surface area contributed by atoms with Crippen molar-refractivity contribution in [3.05, 3.63) is 65.7 Å². The minimum atomic E-state index is 0.0238. The molecule has 1 atom stereocenters. The van der Waals surface area contributed by atoms with Gasteiger partial charge in [-0.1, -0.05) is 36.4 Å². The molecule has 0 bridgehead atoms. The maximum absolute atomic E-state index is 10.7. The number of benzene rings is 3. The van der Waals surface area contributed by atoms with Crippen LogP contribution in [-0.4, -0.2) is 25.0 Å². The van der Waals surface area contributed by atoms with Crippen LogP contribution < -0.4 is 14.9 Å². The van der Waals surface area contributed by atoms with Gasteiger partial charge in [-0.3, -0.25) is 0 Å². The molecule has 0 saturated carbocycles. The minimum Gasteiger partial charge on any atom is -0.507 e. The van der Waals surface area contributed by atoms with Gasteiger partial charge in [0.15, 0.2) is 11.5 Å². The smallest absolute Gasteiger partial charge is 0.161 e. The number of aromatic hydroxyl groups is 1. The Balaban J connectivity index is 1.62. The molecule has 0 spiro atoms. The Labute approximate surface area is 151 Å². The number of hydrogen-bond acceptors (Lipinski definition) is 5. The normalized spacial score (nSPS) is 16.2. The summed E-state index contributed by atoms with van der Waals surface area (Å²) in [5, 5.41) is 17.0. The third-order valence-corrected chi connectivity index (χ3v) is 4.77. The summed E-state index contributed by atoms with van der Waals surface area (Å²) in [7, 11) is 3.24. The number of hydrazone groups is 1. The topological polar surface area (TPSA) is 63.1 Å². The third kappa shape index (κ3) is 2.71. The van der Waals surface area contributed by atoms with Crippen LogP contribution in [0.15, 0.2) is 59.7 Å². The largest absolute Gasteiger partial charge is 0.507 e. The summed E-state index contributed by atoms with van der Waals surface area (Å²) in [6.07, 6.45) is 0.682. The van der Waals surface area contributed by atoms with Crippen LogP contribution in [0.25, 0.3) is 10.8 Å². The van der Waals surface area contributed by atoms with Gasteiger partial charge in [-0.05, 0) is 29.1 Å². The summed E-state index contributed by atoms with van der Waals surface area (Å²) >= 11 is 0. The molecule has 1 heterocycles. The fourth-order valence-electron chi connectivity index (χ4n) is 3.36. The first kappa shape index (κ1) is 16.3. The van der Waals surface area contributed by atoms with E-state index in [1.54, 1.807) is 14.2 Å². The molecule has 5 heteroatoms. The zero-order valence-corrected chi connectivity index (χ0v) is 14.7. The Morgan fingerprint density at radius 1 is 1.00 bits per heavy atom. The molecule has 0 saturated heterocycles. The van der Waals surface area contributed by atoms with Crippen molar-refractivity contribution in [3.8, 4) is 17.2 Å². The highest BCUT2D eigenvalue weighted by Crippen LogP contribution is 2.35. The van der Waals surface area contributed by atoms with E-state index in [1.165, 1.54) is 0 Å². The Morgan fingerprint density at radius 2 is 1.81 bits per heavy atom. The molecule has 0 aliphatic carbocycles. The first-order valence-corrected chi connectivity index (χ1v) is 8.46. The second kappa shape index (κ2) is 6.59. The van der Waals surface area contributed by atoms with Crippen molar-refractivity contribution >= 4 is 16.5 Å². The van der Waals surface area contributed by atoms with E-state index < -0.39 is 0 Å². The van der Waals surface area contributed by atoms with E-state index in [1.807, 2.05) is 54.6 Å². The maximum Gasteiger partial charge on any atom is 0.161 e. The zero-order valence-electron chi connectivity index (χ0n) is 14.7. The van der Waals surface area contributed by atoms with Gasteiger partial charge in [-0.15, -0.1) is 0 Å². The number of methoxy groups -OCH3 is 2. The van der Waals surface area contributed by atoms with Gasteiger partial charge in [0.1, 0.15) is 5.75 Å². The van der Waals surface area contributed by atoms with Gasteiger partial charge >= 0.3 is 0 Å². The lowest BCUT2D eigenvalue weighted by Gasteiger charge is -2.14. The van der Waals surface area contributed by atoms with Crippen molar-refractivity contribution in [2.45, 2.75) is 12.5 Å². The summed E-state index contributed by atoms with van der Waals surface area (Å²) in [6.45, 7) is 0. The lowest BCUT2D eigenvalue weighted by Crippen LogP contribution is -2.10. The number of nitrogens with one attached hydrogen (secondary N) is 1. The molecule has 3 aromatic carbocycles. The molecule has 0 radical (unpaired) electrons. The highest BCUT2D eigenvalue weighted by molar-refractivity contribution is 6.08. The zero-order chi connectivity index (χ0) is 18.1. The second-order valence-electron chi connectivity index (χ2n) is 6.24. The van der Waals surface area contributed by atoms with E-state index in [4.69, 9.17) is 9.47 Å². The average molecular weight is 348 g/mol. The van der Waals surface area contributed by atoms with Gasteiger partial charge in [0.25, 0.3) is 0 Å². The molecule has 3 aromatic rings. The predicted octanol–water partition coefficient (Wildman–Crippen LogP) is 4.00. The molecule has 132 valence electrons. The van der Waals surface area contributed by atoms with Crippen LogP contribution in [-0.2, 0) is 0 Å². The summed E-state index contributed by atoms with van der Waals surface area (Å²) in [5.41, 5.74) is 5.83. The fraction of sp³-hybridized carbons (Fsp3) is 0.190. The molecular formula is C21H20N2O3. The SMILES string of the molecule is COc1ccc(C2CC(c3ccc4ccccc4c3O)=NN2)cc1OC. The number of nitrogens with zero attached hydrogens (tertiary/aromatic N) is 1. The second-order valence-corrected chi connectivity index (χ2v) is 6.24. The van der Waals surface area contributed by atoms with E-state index in [0.717, 1.165) is 27.6 Å². The third-order valence-electron chi connectivity index (χ3n) is 4.77. The summed E-state index contributed by atoms with van der Waals surface area (Å²) in [6, 6.07) is 17.6. The van der Waals surface area contributed by atoms with Crippen molar-refractivity contribution in [2.75, 3.05) is 14.2 Å². The molecule has 1 unspecified atom stereocenters. The number of hydrogen-bond donors (Lipinski definition) is 2. The molecule has 5 nitrogen and oxygen atoms in total.